The molecule has 9 heteroatoms. The Bertz CT molecular complexity index is 690. The second-order valence-electron chi connectivity index (χ2n) is 7.07. The first kappa shape index (κ1) is 20.2. The first-order valence-corrected chi connectivity index (χ1v) is 10.1. The van der Waals surface area contributed by atoms with E-state index in [2.05, 4.69) is 15.0 Å². The minimum Gasteiger partial charge on any atom is -0.356 e. The van der Waals surface area contributed by atoms with Crippen LogP contribution in [0.3, 0.4) is 0 Å². The largest absolute Gasteiger partial charge is 0.356 e. The molecule has 7 nitrogen and oxygen atoms in total. The van der Waals surface area contributed by atoms with E-state index in [1.54, 1.807) is 13.8 Å². The van der Waals surface area contributed by atoms with Crippen LogP contribution in [0, 0.1) is 11.8 Å². The molecule has 2 fully saturated rings. The SMILES string of the molecule is CC(C)NS(=O)(=O)c1c[nH]c(C(=O)N2CC[C@@H]3CNC[C@@H]3CC2)c1.Cl. The van der Waals surface area contributed by atoms with Gasteiger partial charge in [-0.1, -0.05) is 0 Å². The molecule has 2 aliphatic rings. The number of nitrogens with zero attached hydrogens (tertiary/aromatic N) is 1. The van der Waals surface area contributed by atoms with Gasteiger partial charge in [-0.25, -0.2) is 13.1 Å². The number of aromatic nitrogens is 1. The normalized spacial score (nSPS) is 23.9. The summed E-state index contributed by atoms with van der Waals surface area (Å²) in [4.78, 5) is 17.5. The summed E-state index contributed by atoms with van der Waals surface area (Å²) < 4.78 is 26.9. The van der Waals surface area contributed by atoms with Gasteiger partial charge in [-0.2, -0.15) is 0 Å². The molecule has 3 heterocycles. The van der Waals surface area contributed by atoms with Crippen LogP contribution >= 0.6 is 12.4 Å². The van der Waals surface area contributed by atoms with Crippen molar-refractivity contribution < 1.29 is 13.2 Å². The van der Waals surface area contributed by atoms with E-state index in [-0.39, 0.29) is 29.3 Å². The van der Waals surface area contributed by atoms with Gasteiger partial charge in [0.1, 0.15) is 10.6 Å². The first-order chi connectivity index (χ1) is 11.4. The van der Waals surface area contributed by atoms with Gasteiger partial charge in [-0.15, -0.1) is 12.4 Å². The van der Waals surface area contributed by atoms with Crippen molar-refractivity contribution in [1.29, 1.82) is 0 Å². The maximum absolute atomic E-state index is 12.7. The number of hydrogen-bond acceptors (Lipinski definition) is 4. The number of rotatable bonds is 4. The Morgan fingerprint density at radius 1 is 1.24 bits per heavy atom. The summed E-state index contributed by atoms with van der Waals surface area (Å²) in [6.45, 7) is 7.06. The van der Waals surface area contributed by atoms with Gasteiger partial charge in [0.25, 0.3) is 5.91 Å². The number of amides is 1. The maximum atomic E-state index is 12.7. The molecular weight excluding hydrogens is 364 g/mol. The first-order valence-electron chi connectivity index (χ1n) is 8.57. The molecule has 1 aromatic heterocycles. The summed E-state index contributed by atoms with van der Waals surface area (Å²) in [5.74, 6) is 1.18. The predicted molar refractivity (Wildman–Crippen MR) is 98.5 cm³/mol. The van der Waals surface area contributed by atoms with Crippen LogP contribution in [0.1, 0.15) is 37.2 Å². The standard InChI is InChI=1S/C16H26N4O3S.ClH/c1-11(2)19-24(22,23)14-7-15(18-10-14)16(21)20-5-3-12-8-17-9-13(12)4-6-20;/h7,10-13,17-19H,3-6,8-9H2,1-2H3;1H/t12-,13+;. The fourth-order valence-electron chi connectivity index (χ4n) is 3.62. The molecule has 2 atom stereocenters. The zero-order valence-corrected chi connectivity index (χ0v) is 16.3. The highest BCUT2D eigenvalue weighted by molar-refractivity contribution is 7.89. The highest BCUT2D eigenvalue weighted by Crippen LogP contribution is 2.27. The fourth-order valence-corrected chi connectivity index (χ4v) is 4.87. The van der Waals surface area contributed by atoms with Crippen LogP contribution in [-0.4, -0.2) is 56.4 Å². The number of sulfonamides is 1. The van der Waals surface area contributed by atoms with Crippen LogP contribution in [0.4, 0.5) is 0 Å². The van der Waals surface area contributed by atoms with E-state index in [9.17, 15) is 13.2 Å². The Balaban J connectivity index is 0.00000225. The summed E-state index contributed by atoms with van der Waals surface area (Å²) in [7, 11) is -3.58. The van der Waals surface area contributed by atoms with E-state index in [0.29, 0.717) is 17.5 Å². The summed E-state index contributed by atoms with van der Waals surface area (Å²) in [5.41, 5.74) is 0.337. The molecule has 0 unspecified atom stereocenters. The minimum absolute atomic E-state index is 0. The molecule has 0 saturated carbocycles. The second kappa shape index (κ2) is 8.07. The van der Waals surface area contributed by atoms with Crippen molar-refractivity contribution in [3.63, 3.8) is 0 Å². The lowest BCUT2D eigenvalue weighted by molar-refractivity contribution is 0.0753. The topological polar surface area (TPSA) is 94.3 Å². The molecule has 3 N–H and O–H groups in total. The van der Waals surface area contributed by atoms with Gasteiger partial charge in [0.2, 0.25) is 10.0 Å². The fraction of sp³-hybridized carbons (Fsp3) is 0.688. The van der Waals surface area contributed by atoms with Crippen molar-refractivity contribution >= 4 is 28.3 Å². The van der Waals surface area contributed by atoms with E-state index < -0.39 is 10.0 Å². The average molecular weight is 391 g/mol. The number of carbonyl (C=O) groups is 1. The van der Waals surface area contributed by atoms with Crippen LogP contribution in [0.15, 0.2) is 17.2 Å². The van der Waals surface area contributed by atoms with E-state index in [0.717, 1.165) is 39.0 Å². The average Bonchev–Trinajstić information content (AvgIpc) is 3.12. The van der Waals surface area contributed by atoms with Crippen molar-refractivity contribution in [3.8, 4) is 0 Å². The lowest BCUT2D eigenvalue weighted by atomic mass is 9.92. The number of nitrogens with one attached hydrogen (secondary N) is 3. The Kier molecular flexibility index (Phi) is 6.53. The zero-order chi connectivity index (χ0) is 17.3. The monoisotopic (exact) mass is 390 g/mol. The lowest BCUT2D eigenvalue weighted by Crippen LogP contribution is -2.33. The van der Waals surface area contributed by atoms with E-state index in [1.165, 1.54) is 12.3 Å². The van der Waals surface area contributed by atoms with Crippen LogP contribution in [0.5, 0.6) is 0 Å². The molecule has 1 amide bonds. The Morgan fingerprint density at radius 2 is 1.84 bits per heavy atom. The molecule has 0 spiro atoms. The zero-order valence-electron chi connectivity index (χ0n) is 14.6. The van der Waals surface area contributed by atoms with E-state index in [1.807, 2.05) is 4.90 Å². The van der Waals surface area contributed by atoms with Crippen molar-refractivity contribution in [1.82, 2.24) is 19.9 Å². The highest BCUT2D eigenvalue weighted by atomic mass is 35.5. The lowest BCUT2D eigenvalue weighted by Gasteiger charge is -2.20. The van der Waals surface area contributed by atoms with E-state index in [4.69, 9.17) is 0 Å². The second-order valence-corrected chi connectivity index (χ2v) is 8.79. The van der Waals surface area contributed by atoms with Gasteiger partial charge in [0, 0.05) is 25.3 Å². The van der Waals surface area contributed by atoms with Gasteiger partial charge in [-0.3, -0.25) is 4.79 Å². The van der Waals surface area contributed by atoms with E-state index >= 15 is 0 Å². The molecule has 25 heavy (non-hydrogen) atoms. The number of aromatic amines is 1. The minimum atomic E-state index is -3.58. The molecule has 0 aromatic carbocycles. The molecular formula is C16H27ClN4O3S. The smallest absolute Gasteiger partial charge is 0.270 e. The molecule has 0 aliphatic carbocycles. The number of H-pyrrole nitrogens is 1. The predicted octanol–water partition coefficient (Wildman–Crippen LogP) is 1.19. The van der Waals surface area contributed by atoms with Gasteiger partial charge in [0.05, 0.1) is 0 Å². The number of carbonyl (C=O) groups excluding carboxylic acids is 1. The molecule has 1 aromatic rings. The molecule has 0 radical (unpaired) electrons. The number of likely N-dealkylation sites (tertiary alicyclic amines) is 1. The van der Waals surface area contributed by atoms with Crippen LogP contribution in [0.2, 0.25) is 0 Å². The summed E-state index contributed by atoms with van der Waals surface area (Å²) in [6, 6.07) is 1.24. The third-order valence-corrected chi connectivity index (χ3v) is 6.53. The van der Waals surface area contributed by atoms with Crippen LogP contribution in [-0.2, 0) is 10.0 Å². The molecule has 0 bridgehead atoms. The highest BCUT2D eigenvalue weighted by Gasteiger charge is 2.32. The Hall–Kier alpha value is -1.09. The van der Waals surface area contributed by atoms with Crippen molar-refractivity contribution in [3.05, 3.63) is 18.0 Å². The Morgan fingerprint density at radius 3 is 2.40 bits per heavy atom. The quantitative estimate of drug-likeness (QED) is 0.719. The molecule has 3 rings (SSSR count). The van der Waals surface area contributed by atoms with Crippen molar-refractivity contribution in [2.24, 2.45) is 11.8 Å². The van der Waals surface area contributed by atoms with Crippen molar-refractivity contribution in [2.45, 2.75) is 37.6 Å². The molecule has 2 aliphatic heterocycles. The van der Waals surface area contributed by atoms with Crippen LogP contribution in [0.25, 0.3) is 0 Å². The number of halogens is 1. The van der Waals surface area contributed by atoms with Gasteiger partial charge >= 0.3 is 0 Å². The van der Waals surface area contributed by atoms with Gasteiger partial charge in [-0.05, 0) is 57.7 Å². The molecule has 142 valence electrons. The number of fused-ring (bicyclic) bond motifs is 1. The molecule has 2 saturated heterocycles. The Labute approximate surface area is 155 Å². The number of hydrogen-bond donors (Lipinski definition) is 3. The third kappa shape index (κ3) is 4.55. The summed E-state index contributed by atoms with van der Waals surface area (Å²) >= 11 is 0. The maximum Gasteiger partial charge on any atom is 0.270 e. The third-order valence-electron chi connectivity index (χ3n) is 4.89. The summed E-state index contributed by atoms with van der Waals surface area (Å²) in [6.07, 6.45) is 3.39. The van der Waals surface area contributed by atoms with Gasteiger partial charge < -0.3 is 15.2 Å². The van der Waals surface area contributed by atoms with Crippen molar-refractivity contribution in [2.75, 3.05) is 26.2 Å². The van der Waals surface area contributed by atoms with Crippen LogP contribution < -0.4 is 10.0 Å². The summed E-state index contributed by atoms with van der Waals surface area (Å²) in [5, 5.41) is 3.42. The van der Waals surface area contributed by atoms with Gasteiger partial charge in [0.15, 0.2) is 0 Å².